The van der Waals surface area contributed by atoms with Crippen LogP contribution in [0.3, 0.4) is 0 Å². The van der Waals surface area contributed by atoms with Crippen molar-refractivity contribution in [2.45, 2.75) is 25.9 Å². The maximum Gasteiger partial charge on any atom is 0.276 e. The fraction of sp³-hybridized carbons (Fsp3) is 0.278. The van der Waals surface area contributed by atoms with Gasteiger partial charge in [-0.2, -0.15) is 5.10 Å². The molecule has 2 N–H and O–H groups in total. The molecule has 1 aliphatic carbocycles. The van der Waals surface area contributed by atoms with E-state index in [0.717, 1.165) is 18.4 Å². The van der Waals surface area contributed by atoms with Crippen LogP contribution >= 0.6 is 0 Å². The lowest BCUT2D eigenvalue weighted by atomic mass is 10.1. The maximum atomic E-state index is 12.6. The molecule has 0 radical (unpaired) electrons. The van der Waals surface area contributed by atoms with Gasteiger partial charge in [0.2, 0.25) is 0 Å². The Bertz CT molecular complexity index is 939. The number of aromatic amines is 1. The zero-order valence-corrected chi connectivity index (χ0v) is 13.2. The number of fused-ring (bicyclic) bond motifs is 1. The van der Waals surface area contributed by atoms with Gasteiger partial charge in [-0.25, -0.2) is 0 Å². The average molecular weight is 322 g/mol. The fourth-order valence-electron chi connectivity index (χ4n) is 2.85. The van der Waals surface area contributed by atoms with Crippen molar-refractivity contribution in [3.05, 3.63) is 64.2 Å². The molecular formula is C18H18N4O2. The molecule has 1 amide bonds. The number of pyridine rings is 1. The summed E-state index contributed by atoms with van der Waals surface area (Å²) < 4.78 is 1.63. The summed E-state index contributed by atoms with van der Waals surface area (Å²) in [5.74, 6) is 0.345. The molecule has 6 nitrogen and oxygen atoms in total. The van der Waals surface area contributed by atoms with Crippen LogP contribution in [0.5, 0.6) is 0 Å². The van der Waals surface area contributed by atoms with E-state index in [1.54, 1.807) is 10.8 Å². The molecule has 1 aromatic carbocycles. The minimum absolute atomic E-state index is 0.117. The number of hydrogen-bond donors (Lipinski definition) is 2. The summed E-state index contributed by atoms with van der Waals surface area (Å²) in [4.78, 5) is 25.1. The quantitative estimate of drug-likeness (QED) is 0.754. The second-order valence-corrected chi connectivity index (χ2v) is 6.27. The van der Waals surface area contributed by atoms with Crippen molar-refractivity contribution in [3.8, 4) is 0 Å². The fourth-order valence-corrected chi connectivity index (χ4v) is 2.85. The van der Waals surface area contributed by atoms with Crippen LogP contribution in [0.1, 0.15) is 28.8 Å². The van der Waals surface area contributed by atoms with Gasteiger partial charge in [0.15, 0.2) is 0 Å². The number of carbonyl (C=O) groups is 1. The smallest absolute Gasteiger partial charge is 0.276 e. The standard InChI is InChI=1S/C18H18N4O2/c23-17(19-8-12-4-2-1-3-5-12)15-11-22(10-13-6-7-13)18(24)16-14(15)9-20-21-16/h1-5,9,11,13H,6-8,10H2,(H,19,23)(H,20,21). The summed E-state index contributed by atoms with van der Waals surface area (Å²) in [6.07, 6.45) is 5.49. The molecule has 0 saturated heterocycles. The molecule has 4 rings (SSSR count). The molecule has 0 aliphatic heterocycles. The Labute approximate surface area is 138 Å². The third kappa shape index (κ3) is 2.82. The Morgan fingerprint density at radius 1 is 1.29 bits per heavy atom. The monoisotopic (exact) mass is 322 g/mol. The summed E-state index contributed by atoms with van der Waals surface area (Å²) in [5.41, 5.74) is 1.78. The number of aromatic nitrogens is 3. The van der Waals surface area contributed by atoms with Gasteiger partial charge in [-0.1, -0.05) is 30.3 Å². The molecule has 0 atom stereocenters. The first kappa shape index (κ1) is 14.7. The van der Waals surface area contributed by atoms with Gasteiger partial charge in [0.25, 0.3) is 11.5 Å². The topological polar surface area (TPSA) is 79.8 Å². The number of rotatable bonds is 5. The van der Waals surface area contributed by atoms with E-state index in [0.29, 0.717) is 35.5 Å². The molecule has 2 heterocycles. The number of nitrogens with zero attached hydrogens (tertiary/aromatic N) is 2. The van der Waals surface area contributed by atoms with E-state index in [2.05, 4.69) is 15.5 Å². The second kappa shape index (κ2) is 5.96. The van der Waals surface area contributed by atoms with Crippen molar-refractivity contribution in [1.29, 1.82) is 0 Å². The Kier molecular flexibility index (Phi) is 3.65. The lowest BCUT2D eigenvalue weighted by Crippen LogP contribution is -2.27. The van der Waals surface area contributed by atoms with Gasteiger partial charge in [-0.15, -0.1) is 0 Å². The summed E-state index contributed by atoms with van der Waals surface area (Å²) in [6, 6.07) is 9.73. The SMILES string of the molecule is O=C(NCc1ccccc1)c1cn(CC2CC2)c(=O)c2[nH]ncc12. The Balaban J connectivity index is 1.64. The molecule has 0 spiro atoms. The third-order valence-electron chi connectivity index (χ3n) is 4.38. The third-order valence-corrected chi connectivity index (χ3v) is 4.38. The van der Waals surface area contributed by atoms with Crippen molar-refractivity contribution < 1.29 is 4.79 Å². The summed E-state index contributed by atoms with van der Waals surface area (Å²) in [7, 11) is 0. The predicted octanol–water partition coefficient (Wildman–Crippen LogP) is 2.06. The largest absolute Gasteiger partial charge is 0.348 e. The number of hydrogen-bond acceptors (Lipinski definition) is 3. The zero-order chi connectivity index (χ0) is 16.5. The van der Waals surface area contributed by atoms with E-state index >= 15 is 0 Å². The van der Waals surface area contributed by atoms with Crippen LogP contribution in [-0.4, -0.2) is 20.7 Å². The Morgan fingerprint density at radius 3 is 2.83 bits per heavy atom. The molecule has 0 unspecified atom stereocenters. The molecule has 24 heavy (non-hydrogen) atoms. The van der Waals surface area contributed by atoms with Crippen molar-refractivity contribution >= 4 is 16.8 Å². The first-order valence-electron chi connectivity index (χ1n) is 8.11. The molecule has 2 aromatic heterocycles. The molecule has 1 aliphatic rings. The number of carbonyl (C=O) groups excluding carboxylic acids is 1. The maximum absolute atomic E-state index is 12.6. The highest BCUT2D eigenvalue weighted by Gasteiger charge is 2.24. The van der Waals surface area contributed by atoms with Crippen LogP contribution in [0.25, 0.3) is 10.9 Å². The van der Waals surface area contributed by atoms with Crippen molar-refractivity contribution in [2.75, 3.05) is 0 Å². The van der Waals surface area contributed by atoms with E-state index < -0.39 is 0 Å². The van der Waals surface area contributed by atoms with Gasteiger partial charge >= 0.3 is 0 Å². The lowest BCUT2D eigenvalue weighted by Gasteiger charge is -2.10. The normalized spacial score (nSPS) is 14.0. The van der Waals surface area contributed by atoms with Crippen molar-refractivity contribution in [2.24, 2.45) is 5.92 Å². The van der Waals surface area contributed by atoms with Gasteiger partial charge in [0.1, 0.15) is 5.52 Å². The zero-order valence-electron chi connectivity index (χ0n) is 13.2. The minimum Gasteiger partial charge on any atom is -0.348 e. The van der Waals surface area contributed by atoms with Crippen molar-refractivity contribution in [3.63, 3.8) is 0 Å². The Hall–Kier alpha value is -2.89. The highest BCUT2D eigenvalue weighted by molar-refractivity contribution is 6.05. The van der Waals surface area contributed by atoms with Gasteiger partial charge in [0.05, 0.1) is 11.8 Å². The number of nitrogens with one attached hydrogen (secondary N) is 2. The number of H-pyrrole nitrogens is 1. The van der Waals surface area contributed by atoms with Gasteiger partial charge in [-0.3, -0.25) is 14.7 Å². The molecule has 1 saturated carbocycles. The van der Waals surface area contributed by atoms with E-state index in [4.69, 9.17) is 0 Å². The lowest BCUT2D eigenvalue weighted by molar-refractivity contribution is 0.0951. The summed E-state index contributed by atoms with van der Waals surface area (Å²) >= 11 is 0. The van der Waals surface area contributed by atoms with Gasteiger partial charge in [0, 0.05) is 24.7 Å². The van der Waals surface area contributed by atoms with Crippen LogP contribution in [0.4, 0.5) is 0 Å². The summed E-state index contributed by atoms with van der Waals surface area (Å²) in [6.45, 7) is 1.10. The molecule has 122 valence electrons. The van der Waals surface area contributed by atoms with Crippen molar-refractivity contribution in [1.82, 2.24) is 20.1 Å². The van der Waals surface area contributed by atoms with Crippen LogP contribution < -0.4 is 10.9 Å². The summed E-state index contributed by atoms with van der Waals surface area (Å²) in [5, 5.41) is 10.2. The van der Waals surface area contributed by atoms with Gasteiger partial charge < -0.3 is 9.88 Å². The molecule has 0 bridgehead atoms. The highest BCUT2D eigenvalue weighted by atomic mass is 16.2. The molecule has 6 heteroatoms. The highest BCUT2D eigenvalue weighted by Crippen LogP contribution is 2.30. The molecule has 1 fully saturated rings. The van der Waals surface area contributed by atoms with Gasteiger partial charge in [-0.05, 0) is 24.3 Å². The Morgan fingerprint density at radius 2 is 2.08 bits per heavy atom. The van der Waals surface area contributed by atoms with E-state index in [9.17, 15) is 9.59 Å². The first-order chi connectivity index (χ1) is 11.7. The van der Waals surface area contributed by atoms with Crippen LogP contribution in [0.2, 0.25) is 0 Å². The van der Waals surface area contributed by atoms with Crippen LogP contribution in [0.15, 0.2) is 47.5 Å². The van der Waals surface area contributed by atoms with E-state index in [-0.39, 0.29) is 11.5 Å². The number of amides is 1. The van der Waals surface area contributed by atoms with Crippen LogP contribution in [-0.2, 0) is 13.1 Å². The average Bonchev–Trinajstić information content (AvgIpc) is 3.28. The van der Waals surface area contributed by atoms with Crippen LogP contribution in [0, 0.1) is 5.92 Å². The predicted molar refractivity (Wildman–Crippen MR) is 90.7 cm³/mol. The second-order valence-electron chi connectivity index (χ2n) is 6.27. The molecular weight excluding hydrogens is 304 g/mol. The van der Waals surface area contributed by atoms with E-state index in [1.807, 2.05) is 30.3 Å². The number of benzene rings is 1. The first-order valence-corrected chi connectivity index (χ1v) is 8.11. The van der Waals surface area contributed by atoms with E-state index in [1.165, 1.54) is 6.20 Å². The minimum atomic E-state index is -0.199. The molecule has 3 aromatic rings.